The first-order valence-electron chi connectivity index (χ1n) is 9.03. The van der Waals surface area contributed by atoms with E-state index in [9.17, 15) is 14.4 Å². The van der Waals surface area contributed by atoms with Crippen LogP contribution in [0.1, 0.15) is 18.9 Å². The zero-order valence-electron chi connectivity index (χ0n) is 16.2. The highest BCUT2D eigenvalue weighted by molar-refractivity contribution is 14.1. The second kappa shape index (κ2) is 9.48. The molecular formula is C21H18ClIN2O5. The summed E-state index contributed by atoms with van der Waals surface area (Å²) in [4.78, 5) is 38.6. The van der Waals surface area contributed by atoms with Gasteiger partial charge in [-0.05, 0) is 64.9 Å². The van der Waals surface area contributed by atoms with Crippen molar-refractivity contribution in [3.63, 3.8) is 0 Å². The number of amides is 4. The molecule has 156 valence electrons. The average Bonchev–Trinajstić information content (AvgIpc) is 2.71. The summed E-state index contributed by atoms with van der Waals surface area (Å²) in [5, 5.41) is 2.39. The van der Waals surface area contributed by atoms with Gasteiger partial charge in [0.1, 0.15) is 5.57 Å². The van der Waals surface area contributed by atoms with Crippen molar-refractivity contribution in [2.75, 3.05) is 18.6 Å². The van der Waals surface area contributed by atoms with Gasteiger partial charge in [-0.15, -0.1) is 0 Å². The van der Waals surface area contributed by atoms with Gasteiger partial charge in [-0.1, -0.05) is 30.7 Å². The lowest BCUT2D eigenvalue weighted by Gasteiger charge is -2.27. The third kappa shape index (κ3) is 4.44. The van der Waals surface area contributed by atoms with Gasteiger partial charge in [-0.25, -0.2) is 9.69 Å². The van der Waals surface area contributed by atoms with Crippen LogP contribution in [0.5, 0.6) is 11.5 Å². The Balaban J connectivity index is 2.02. The Bertz CT molecular complexity index is 1050. The molecule has 0 atom stereocenters. The fourth-order valence-electron chi connectivity index (χ4n) is 2.84. The topological polar surface area (TPSA) is 84.9 Å². The van der Waals surface area contributed by atoms with Crippen LogP contribution in [-0.2, 0) is 9.59 Å². The number of ether oxygens (including phenoxy) is 2. The van der Waals surface area contributed by atoms with Crippen LogP contribution in [0.15, 0.2) is 42.0 Å². The minimum atomic E-state index is -0.856. The van der Waals surface area contributed by atoms with E-state index in [4.69, 9.17) is 21.1 Å². The minimum absolute atomic E-state index is 0.190. The van der Waals surface area contributed by atoms with Crippen LogP contribution in [0.4, 0.5) is 10.5 Å². The molecule has 1 N–H and O–H groups in total. The lowest BCUT2D eigenvalue weighted by atomic mass is 10.1. The number of benzene rings is 2. The van der Waals surface area contributed by atoms with Gasteiger partial charge >= 0.3 is 6.03 Å². The monoisotopic (exact) mass is 540 g/mol. The van der Waals surface area contributed by atoms with Crippen molar-refractivity contribution in [3.8, 4) is 11.5 Å². The molecule has 1 aliphatic heterocycles. The Morgan fingerprint density at radius 3 is 2.60 bits per heavy atom. The van der Waals surface area contributed by atoms with Gasteiger partial charge in [0.2, 0.25) is 0 Å². The van der Waals surface area contributed by atoms with Crippen molar-refractivity contribution in [2.24, 2.45) is 0 Å². The molecule has 7 nitrogen and oxygen atoms in total. The van der Waals surface area contributed by atoms with E-state index in [1.54, 1.807) is 30.3 Å². The summed E-state index contributed by atoms with van der Waals surface area (Å²) in [5.41, 5.74) is 0.539. The number of imide groups is 2. The Morgan fingerprint density at radius 2 is 1.93 bits per heavy atom. The Hall–Kier alpha value is -2.59. The van der Waals surface area contributed by atoms with Crippen molar-refractivity contribution in [1.29, 1.82) is 0 Å². The molecule has 0 radical (unpaired) electrons. The predicted molar refractivity (Wildman–Crippen MR) is 122 cm³/mol. The van der Waals surface area contributed by atoms with E-state index in [2.05, 4.69) is 27.9 Å². The van der Waals surface area contributed by atoms with Crippen molar-refractivity contribution in [2.45, 2.75) is 13.3 Å². The number of hydrogen-bond donors (Lipinski definition) is 1. The number of carbonyl (C=O) groups excluding carboxylic acids is 3. The van der Waals surface area contributed by atoms with Crippen LogP contribution in [0.25, 0.3) is 6.08 Å². The number of hydrogen-bond acceptors (Lipinski definition) is 5. The van der Waals surface area contributed by atoms with Crippen LogP contribution in [0.2, 0.25) is 5.02 Å². The van der Waals surface area contributed by atoms with Crippen molar-refractivity contribution in [3.05, 3.63) is 56.1 Å². The third-order valence-electron chi connectivity index (χ3n) is 4.21. The first-order valence-corrected chi connectivity index (χ1v) is 10.5. The van der Waals surface area contributed by atoms with Crippen LogP contribution in [0.3, 0.4) is 0 Å². The van der Waals surface area contributed by atoms with Crippen molar-refractivity contribution < 1.29 is 23.9 Å². The number of barbiturate groups is 1. The lowest BCUT2D eigenvalue weighted by molar-refractivity contribution is -0.122. The maximum Gasteiger partial charge on any atom is 0.335 e. The molecule has 3 rings (SSSR count). The Labute approximate surface area is 192 Å². The summed E-state index contributed by atoms with van der Waals surface area (Å²) in [6.07, 6.45) is 2.24. The molecule has 1 heterocycles. The molecule has 0 aromatic heterocycles. The summed E-state index contributed by atoms with van der Waals surface area (Å²) in [6, 6.07) is 8.97. The van der Waals surface area contributed by atoms with Gasteiger partial charge in [-0.3, -0.25) is 14.9 Å². The molecule has 2 aromatic rings. The van der Waals surface area contributed by atoms with E-state index in [1.165, 1.54) is 19.3 Å². The van der Waals surface area contributed by atoms with Gasteiger partial charge in [-0.2, -0.15) is 0 Å². The molecule has 0 unspecified atom stereocenters. The van der Waals surface area contributed by atoms with E-state index in [0.29, 0.717) is 23.7 Å². The molecule has 9 heteroatoms. The Morgan fingerprint density at radius 1 is 1.20 bits per heavy atom. The van der Waals surface area contributed by atoms with Gasteiger partial charge in [0, 0.05) is 0 Å². The SMILES string of the molecule is CCCOc1c(I)cc(/C=C2\C(=O)NC(=O)N(c3ccccc3Cl)C2=O)cc1OC. The Kier molecular flexibility index (Phi) is 6.99. The normalized spacial score (nSPS) is 15.4. The van der Waals surface area contributed by atoms with Crippen LogP contribution >= 0.6 is 34.2 Å². The number of nitrogens with zero attached hydrogens (tertiary/aromatic N) is 1. The highest BCUT2D eigenvalue weighted by Gasteiger charge is 2.37. The largest absolute Gasteiger partial charge is 0.493 e. The van der Waals surface area contributed by atoms with Gasteiger partial charge < -0.3 is 9.47 Å². The van der Waals surface area contributed by atoms with E-state index < -0.39 is 17.8 Å². The molecule has 1 aliphatic rings. The van der Waals surface area contributed by atoms with E-state index in [1.807, 2.05) is 6.92 Å². The quantitative estimate of drug-likeness (QED) is 0.333. The maximum atomic E-state index is 13.0. The standard InChI is InChI=1S/C21H18ClIN2O5/c1-3-8-30-18-15(23)10-12(11-17(18)29-2)9-13-19(26)24-21(28)25(20(13)27)16-7-5-4-6-14(16)22/h4-7,9-11H,3,8H2,1-2H3,(H,24,26,28)/b13-9+. The number of carbonyl (C=O) groups is 3. The number of urea groups is 1. The summed E-state index contributed by atoms with van der Waals surface area (Å²) in [6.45, 7) is 2.53. The average molecular weight is 541 g/mol. The number of nitrogens with one attached hydrogen (secondary N) is 1. The molecule has 4 amide bonds. The summed E-state index contributed by atoms with van der Waals surface area (Å²) < 4.78 is 11.9. The molecule has 1 saturated heterocycles. The van der Waals surface area contributed by atoms with E-state index in [-0.39, 0.29) is 16.3 Å². The summed E-state index contributed by atoms with van der Waals surface area (Å²) in [5.74, 6) is -0.481. The van der Waals surface area contributed by atoms with E-state index in [0.717, 1.165) is 14.9 Å². The van der Waals surface area contributed by atoms with E-state index >= 15 is 0 Å². The molecule has 30 heavy (non-hydrogen) atoms. The molecule has 0 bridgehead atoms. The fourth-order valence-corrected chi connectivity index (χ4v) is 3.84. The van der Waals surface area contributed by atoms with Crippen LogP contribution in [-0.4, -0.2) is 31.6 Å². The lowest BCUT2D eigenvalue weighted by Crippen LogP contribution is -2.54. The van der Waals surface area contributed by atoms with Crippen LogP contribution < -0.4 is 19.7 Å². The zero-order valence-corrected chi connectivity index (χ0v) is 19.1. The number of methoxy groups -OCH3 is 1. The molecule has 0 aliphatic carbocycles. The first kappa shape index (κ1) is 22.1. The predicted octanol–water partition coefficient (Wildman–Crippen LogP) is 4.41. The molecule has 0 spiro atoms. The van der Waals surface area contributed by atoms with Crippen molar-refractivity contribution in [1.82, 2.24) is 5.32 Å². The third-order valence-corrected chi connectivity index (χ3v) is 5.33. The van der Waals surface area contributed by atoms with Gasteiger partial charge in [0.05, 0.1) is 28.0 Å². The smallest absolute Gasteiger partial charge is 0.335 e. The number of para-hydroxylation sites is 1. The maximum absolute atomic E-state index is 13.0. The molecule has 2 aromatic carbocycles. The second-order valence-electron chi connectivity index (χ2n) is 6.29. The van der Waals surface area contributed by atoms with Crippen molar-refractivity contribution >= 4 is 63.8 Å². The summed E-state index contributed by atoms with van der Waals surface area (Å²) in [7, 11) is 1.51. The molecule has 1 fully saturated rings. The highest BCUT2D eigenvalue weighted by Crippen LogP contribution is 2.35. The summed E-state index contributed by atoms with van der Waals surface area (Å²) >= 11 is 8.24. The number of halogens is 2. The van der Waals surface area contributed by atoms with Gasteiger partial charge in [0.25, 0.3) is 11.8 Å². The van der Waals surface area contributed by atoms with Crippen LogP contribution in [0, 0.1) is 3.57 Å². The first-order chi connectivity index (χ1) is 14.4. The number of rotatable bonds is 6. The fraction of sp³-hybridized carbons (Fsp3) is 0.190. The second-order valence-corrected chi connectivity index (χ2v) is 7.86. The molecular weight excluding hydrogens is 523 g/mol. The molecule has 0 saturated carbocycles. The zero-order chi connectivity index (χ0) is 21.8. The number of anilines is 1. The minimum Gasteiger partial charge on any atom is -0.493 e. The highest BCUT2D eigenvalue weighted by atomic mass is 127. The van der Waals surface area contributed by atoms with Gasteiger partial charge in [0.15, 0.2) is 11.5 Å².